The average Bonchev–Trinajstić information content (AvgIpc) is 2.41. The monoisotopic (exact) mass is 306 g/mol. The Hall–Kier alpha value is 0.360. The fourth-order valence-corrected chi connectivity index (χ4v) is 3.19. The van der Waals surface area contributed by atoms with E-state index in [0.717, 1.165) is 57.6 Å². The molecule has 0 saturated carbocycles. The summed E-state index contributed by atoms with van der Waals surface area (Å²) in [5, 5.41) is 1.01. The number of alkyl halides is 1. The van der Waals surface area contributed by atoms with E-state index in [9.17, 15) is 0 Å². The first-order valence-electron chi connectivity index (χ1n) is 6.68. The minimum absolute atomic E-state index is 0.285. The normalized spacial score (nSPS) is 29.1. The SMILES string of the molecule is BrCC1(COCC2CCCCO2)CCOCC1. The Morgan fingerprint density at radius 2 is 2.00 bits per heavy atom. The summed E-state index contributed by atoms with van der Waals surface area (Å²) in [6.07, 6.45) is 6.18. The van der Waals surface area contributed by atoms with E-state index in [1.54, 1.807) is 0 Å². The molecule has 0 bridgehead atoms. The standard InChI is InChI=1S/C13H23BrO3/c14-10-13(4-7-15-8-5-13)11-16-9-12-3-1-2-6-17-12/h12H,1-11H2. The summed E-state index contributed by atoms with van der Waals surface area (Å²) in [6.45, 7) is 4.24. The molecule has 2 saturated heterocycles. The van der Waals surface area contributed by atoms with Crippen molar-refractivity contribution in [3.8, 4) is 0 Å². The highest BCUT2D eigenvalue weighted by Gasteiger charge is 2.32. The molecule has 2 fully saturated rings. The predicted octanol–water partition coefficient (Wildman–Crippen LogP) is 2.76. The van der Waals surface area contributed by atoms with Crippen molar-refractivity contribution in [1.82, 2.24) is 0 Å². The van der Waals surface area contributed by atoms with Gasteiger partial charge in [0.2, 0.25) is 0 Å². The fourth-order valence-electron chi connectivity index (χ4n) is 2.47. The molecule has 0 spiro atoms. The van der Waals surface area contributed by atoms with Gasteiger partial charge in [-0.05, 0) is 32.1 Å². The molecule has 2 heterocycles. The van der Waals surface area contributed by atoms with Crippen molar-refractivity contribution in [2.75, 3.05) is 38.4 Å². The van der Waals surface area contributed by atoms with Gasteiger partial charge in [0, 0.05) is 30.6 Å². The number of hydrogen-bond acceptors (Lipinski definition) is 3. The number of halogens is 1. The Bertz CT molecular complexity index is 211. The van der Waals surface area contributed by atoms with Crippen molar-refractivity contribution in [3.63, 3.8) is 0 Å². The number of ether oxygens (including phenoxy) is 3. The van der Waals surface area contributed by atoms with Crippen molar-refractivity contribution in [2.24, 2.45) is 5.41 Å². The second-order valence-corrected chi connectivity index (χ2v) is 5.81. The Morgan fingerprint density at radius 3 is 2.65 bits per heavy atom. The molecule has 2 rings (SSSR count). The van der Waals surface area contributed by atoms with Crippen LogP contribution >= 0.6 is 15.9 Å². The van der Waals surface area contributed by atoms with Crippen LogP contribution in [-0.2, 0) is 14.2 Å². The zero-order valence-corrected chi connectivity index (χ0v) is 12.0. The molecule has 0 aromatic carbocycles. The van der Waals surface area contributed by atoms with E-state index >= 15 is 0 Å². The minimum atomic E-state index is 0.285. The van der Waals surface area contributed by atoms with Crippen molar-refractivity contribution in [1.29, 1.82) is 0 Å². The molecule has 2 aliphatic heterocycles. The lowest BCUT2D eigenvalue weighted by molar-refractivity contribution is -0.0738. The van der Waals surface area contributed by atoms with Crippen LogP contribution in [0, 0.1) is 5.41 Å². The third kappa shape index (κ3) is 4.19. The molecule has 0 aromatic rings. The highest BCUT2D eigenvalue weighted by atomic mass is 79.9. The van der Waals surface area contributed by atoms with Crippen LogP contribution < -0.4 is 0 Å². The summed E-state index contributed by atoms with van der Waals surface area (Å²) in [4.78, 5) is 0. The van der Waals surface area contributed by atoms with Gasteiger partial charge in [0.15, 0.2) is 0 Å². The van der Waals surface area contributed by atoms with Gasteiger partial charge in [0.05, 0.1) is 19.3 Å². The third-order valence-electron chi connectivity index (χ3n) is 3.82. The highest BCUT2D eigenvalue weighted by molar-refractivity contribution is 9.09. The van der Waals surface area contributed by atoms with Gasteiger partial charge in [0.1, 0.15) is 0 Å². The topological polar surface area (TPSA) is 27.7 Å². The molecule has 0 aliphatic carbocycles. The van der Waals surface area contributed by atoms with E-state index in [2.05, 4.69) is 15.9 Å². The molecular weight excluding hydrogens is 284 g/mol. The summed E-state index contributed by atoms with van der Waals surface area (Å²) in [5.41, 5.74) is 0.285. The zero-order valence-electron chi connectivity index (χ0n) is 10.5. The zero-order chi connectivity index (χ0) is 12.0. The predicted molar refractivity (Wildman–Crippen MR) is 70.7 cm³/mol. The lowest BCUT2D eigenvalue weighted by Gasteiger charge is -2.35. The Morgan fingerprint density at radius 1 is 1.18 bits per heavy atom. The molecule has 1 unspecified atom stereocenters. The maximum absolute atomic E-state index is 5.90. The van der Waals surface area contributed by atoms with Crippen LogP contribution in [0.3, 0.4) is 0 Å². The van der Waals surface area contributed by atoms with E-state index in [1.165, 1.54) is 12.8 Å². The van der Waals surface area contributed by atoms with Gasteiger partial charge < -0.3 is 14.2 Å². The molecule has 0 aromatic heterocycles. The molecule has 17 heavy (non-hydrogen) atoms. The molecule has 4 heteroatoms. The average molecular weight is 307 g/mol. The van der Waals surface area contributed by atoms with Crippen LogP contribution in [0.1, 0.15) is 32.1 Å². The first-order valence-corrected chi connectivity index (χ1v) is 7.80. The molecule has 0 amide bonds. The van der Waals surface area contributed by atoms with Gasteiger partial charge in [-0.1, -0.05) is 15.9 Å². The molecule has 0 radical (unpaired) electrons. The van der Waals surface area contributed by atoms with Gasteiger partial charge in [0.25, 0.3) is 0 Å². The van der Waals surface area contributed by atoms with Gasteiger partial charge in [-0.3, -0.25) is 0 Å². The lowest BCUT2D eigenvalue weighted by atomic mass is 9.83. The second kappa shape index (κ2) is 7.07. The summed E-state index contributed by atoms with van der Waals surface area (Å²) in [6, 6.07) is 0. The van der Waals surface area contributed by atoms with Crippen LogP contribution in [0.15, 0.2) is 0 Å². The van der Waals surface area contributed by atoms with E-state index in [4.69, 9.17) is 14.2 Å². The molecule has 0 N–H and O–H groups in total. The Kier molecular flexibility index (Phi) is 5.74. The first-order chi connectivity index (χ1) is 8.35. The van der Waals surface area contributed by atoms with Crippen LogP contribution in [0.2, 0.25) is 0 Å². The summed E-state index contributed by atoms with van der Waals surface area (Å²) < 4.78 is 17.0. The summed E-state index contributed by atoms with van der Waals surface area (Å²) in [5.74, 6) is 0. The third-order valence-corrected chi connectivity index (χ3v) is 5.01. The van der Waals surface area contributed by atoms with E-state index in [-0.39, 0.29) is 5.41 Å². The number of hydrogen-bond donors (Lipinski definition) is 0. The Labute approximate surface area is 112 Å². The highest BCUT2D eigenvalue weighted by Crippen LogP contribution is 2.33. The summed E-state index contributed by atoms with van der Waals surface area (Å²) in [7, 11) is 0. The van der Waals surface area contributed by atoms with E-state index < -0.39 is 0 Å². The van der Waals surface area contributed by atoms with Gasteiger partial charge >= 0.3 is 0 Å². The maximum Gasteiger partial charge on any atom is 0.0808 e. The Balaban J connectivity index is 1.68. The largest absolute Gasteiger partial charge is 0.381 e. The fraction of sp³-hybridized carbons (Fsp3) is 1.00. The van der Waals surface area contributed by atoms with Gasteiger partial charge in [-0.25, -0.2) is 0 Å². The van der Waals surface area contributed by atoms with Crippen LogP contribution in [0.5, 0.6) is 0 Å². The maximum atomic E-state index is 5.90. The van der Waals surface area contributed by atoms with Crippen LogP contribution in [0.25, 0.3) is 0 Å². The molecule has 1 atom stereocenters. The first kappa shape index (κ1) is 13.8. The van der Waals surface area contributed by atoms with Crippen molar-refractivity contribution >= 4 is 15.9 Å². The van der Waals surface area contributed by atoms with Crippen LogP contribution in [0.4, 0.5) is 0 Å². The van der Waals surface area contributed by atoms with Gasteiger partial charge in [-0.2, -0.15) is 0 Å². The second-order valence-electron chi connectivity index (χ2n) is 5.25. The molecule has 3 nitrogen and oxygen atoms in total. The smallest absolute Gasteiger partial charge is 0.0808 e. The number of rotatable bonds is 5. The summed E-state index contributed by atoms with van der Waals surface area (Å²) >= 11 is 3.63. The quantitative estimate of drug-likeness (QED) is 0.731. The van der Waals surface area contributed by atoms with Crippen molar-refractivity contribution in [3.05, 3.63) is 0 Å². The molecule has 2 aliphatic rings. The van der Waals surface area contributed by atoms with Crippen LogP contribution in [-0.4, -0.2) is 44.5 Å². The minimum Gasteiger partial charge on any atom is -0.381 e. The van der Waals surface area contributed by atoms with Crippen molar-refractivity contribution < 1.29 is 14.2 Å². The van der Waals surface area contributed by atoms with Crippen molar-refractivity contribution in [2.45, 2.75) is 38.2 Å². The van der Waals surface area contributed by atoms with E-state index in [0.29, 0.717) is 6.10 Å². The van der Waals surface area contributed by atoms with Gasteiger partial charge in [-0.15, -0.1) is 0 Å². The van der Waals surface area contributed by atoms with E-state index in [1.807, 2.05) is 0 Å². The lowest BCUT2D eigenvalue weighted by Crippen LogP contribution is -2.37. The molecular formula is C13H23BrO3. The molecule has 100 valence electrons.